The molecule has 1 amide bonds. The van der Waals surface area contributed by atoms with Crippen LogP contribution in [0.1, 0.15) is 41.1 Å². The number of hydrogen-bond donors (Lipinski definition) is 0. The monoisotopic (exact) mass is 446 g/mol. The highest BCUT2D eigenvalue weighted by Gasteiger charge is 2.44. The van der Waals surface area contributed by atoms with E-state index in [1.165, 1.54) is 11.1 Å². The van der Waals surface area contributed by atoms with E-state index in [1.54, 1.807) is 36.4 Å². The smallest absolute Gasteiger partial charge is 0.296 e. The van der Waals surface area contributed by atoms with E-state index in [1.807, 2.05) is 31.2 Å². The molecule has 0 bridgehead atoms. The third-order valence-electron chi connectivity index (χ3n) is 5.38. The minimum absolute atomic E-state index is 0.0235. The molecule has 32 heavy (non-hydrogen) atoms. The number of hydrogen-bond acceptors (Lipinski definition) is 5. The maximum atomic E-state index is 13.5. The average molecular weight is 447 g/mol. The Morgan fingerprint density at radius 1 is 1.09 bits per heavy atom. The van der Waals surface area contributed by atoms with Crippen molar-refractivity contribution in [3.63, 3.8) is 0 Å². The van der Waals surface area contributed by atoms with Crippen LogP contribution >= 0.6 is 11.6 Å². The second-order valence-corrected chi connectivity index (χ2v) is 7.94. The first-order valence-electron chi connectivity index (χ1n) is 10.3. The van der Waals surface area contributed by atoms with Crippen molar-refractivity contribution < 1.29 is 13.9 Å². The minimum atomic E-state index is -0.711. The molecule has 1 aliphatic rings. The molecule has 7 heteroatoms. The topological polar surface area (TPSA) is 72.6 Å². The Hall–Kier alpha value is -3.64. The number of nitrogens with zero attached hydrogens (tertiary/aromatic N) is 2. The van der Waals surface area contributed by atoms with Crippen molar-refractivity contribution in [1.82, 2.24) is 4.98 Å². The van der Waals surface area contributed by atoms with E-state index in [2.05, 4.69) is 4.98 Å². The number of aromatic nitrogens is 1. The maximum absolute atomic E-state index is 13.5. The van der Waals surface area contributed by atoms with Gasteiger partial charge in [0.05, 0.1) is 28.6 Å². The SMILES string of the molecule is CCCOc1cccc([C@@H]2c3c(oc4ccccc4c3=O)C(=O)N2c2ccc(Cl)cn2)c1. The van der Waals surface area contributed by atoms with Crippen LogP contribution in [-0.4, -0.2) is 17.5 Å². The lowest BCUT2D eigenvalue weighted by atomic mass is 9.98. The normalized spacial score (nSPS) is 15.2. The number of halogens is 1. The Morgan fingerprint density at radius 2 is 1.94 bits per heavy atom. The van der Waals surface area contributed by atoms with Crippen LogP contribution in [0.2, 0.25) is 5.02 Å². The molecule has 160 valence electrons. The van der Waals surface area contributed by atoms with Gasteiger partial charge >= 0.3 is 0 Å². The fraction of sp³-hybridized carbons (Fsp3) is 0.160. The zero-order chi connectivity index (χ0) is 22.2. The number of anilines is 1. The van der Waals surface area contributed by atoms with Crippen LogP contribution < -0.4 is 15.1 Å². The van der Waals surface area contributed by atoms with Crippen molar-refractivity contribution in [2.45, 2.75) is 19.4 Å². The molecular weight excluding hydrogens is 428 g/mol. The molecule has 0 saturated heterocycles. The van der Waals surface area contributed by atoms with E-state index < -0.39 is 11.9 Å². The van der Waals surface area contributed by atoms with Gasteiger partial charge in [0.1, 0.15) is 17.2 Å². The quantitative estimate of drug-likeness (QED) is 0.411. The molecule has 6 nitrogen and oxygen atoms in total. The van der Waals surface area contributed by atoms with Crippen molar-refractivity contribution in [2.24, 2.45) is 0 Å². The molecule has 2 aromatic heterocycles. The zero-order valence-electron chi connectivity index (χ0n) is 17.2. The van der Waals surface area contributed by atoms with E-state index in [-0.39, 0.29) is 16.8 Å². The van der Waals surface area contributed by atoms with Gasteiger partial charge in [-0.15, -0.1) is 0 Å². The summed E-state index contributed by atoms with van der Waals surface area (Å²) in [7, 11) is 0. The molecule has 0 spiro atoms. The van der Waals surface area contributed by atoms with Crippen LogP contribution in [0.4, 0.5) is 5.82 Å². The lowest BCUT2D eigenvalue weighted by Crippen LogP contribution is -2.30. The third-order valence-corrected chi connectivity index (χ3v) is 5.61. The maximum Gasteiger partial charge on any atom is 0.296 e. The molecule has 4 aromatic rings. The van der Waals surface area contributed by atoms with Crippen molar-refractivity contribution in [3.05, 3.63) is 99.0 Å². The summed E-state index contributed by atoms with van der Waals surface area (Å²) >= 11 is 6.01. The Bertz CT molecular complexity index is 1380. The summed E-state index contributed by atoms with van der Waals surface area (Å²) < 4.78 is 11.7. The third kappa shape index (κ3) is 3.33. The Morgan fingerprint density at radius 3 is 2.72 bits per heavy atom. The van der Waals surface area contributed by atoms with Gasteiger partial charge in [-0.3, -0.25) is 14.5 Å². The van der Waals surface area contributed by atoms with Gasteiger partial charge in [0.25, 0.3) is 5.91 Å². The van der Waals surface area contributed by atoms with Gasteiger partial charge in [0, 0.05) is 6.20 Å². The van der Waals surface area contributed by atoms with Crippen LogP contribution in [0.3, 0.4) is 0 Å². The summed E-state index contributed by atoms with van der Waals surface area (Å²) in [4.78, 5) is 32.8. The first kappa shape index (κ1) is 20.3. The number of rotatable bonds is 5. The Labute approximate surface area is 189 Å². The molecule has 1 aliphatic heterocycles. The molecule has 0 N–H and O–H groups in total. The molecule has 0 fully saturated rings. The van der Waals surface area contributed by atoms with Crippen LogP contribution in [0, 0.1) is 0 Å². The lowest BCUT2D eigenvalue weighted by molar-refractivity contribution is 0.0970. The lowest BCUT2D eigenvalue weighted by Gasteiger charge is -2.24. The van der Waals surface area contributed by atoms with Gasteiger partial charge in [0.2, 0.25) is 5.76 Å². The molecule has 5 rings (SSSR count). The van der Waals surface area contributed by atoms with Crippen molar-refractivity contribution in [2.75, 3.05) is 11.5 Å². The van der Waals surface area contributed by atoms with Crippen molar-refractivity contribution in [1.29, 1.82) is 0 Å². The van der Waals surface area contributed by atoms with Crippen LogP contribution in [0.25, 0.3) is 11.0 Å². The number of carbonyl (C=O) groups excluding carboxylic acids is 1. The highest BCUT2D eigenvalue weighted by atomic mass is 35.5. The van der Waals surface area contributed by atoms with Crippen LogP contribution in [0.5, 0.6) is 5.75 Å². The first-order chi connectivity index (χ1) is 15.6. The summed E-state index contributed by atoms with van der Waals surface area (Å²) in [5, 5.41) is 0.873. The van der Waals surface area contributed by atoms with Crippen LogP contribution in [0.15, 0.2) is 76.1 Å². The number of benzene rings is 2. The number of fused-ring (bicyclic) bond motifs is 2. The highest BCUT2D eigenvalue weighted by molar-refractivity contribution is 6.30. The summed E-state index contributed by atoms with van der Waals surface area (Å²) in [5.74, 6) is 0.636. The van der Waals surface area contributed by atoms with E-state index in [0.29, 0.717) is 34.2 Å². The van der Waals surface area contributed by atoms with Crippen LogP contribution in [-0.2, 0) is 0 Å². The molecule has 0 aliphatic carbocycles. The molecule has 0 radical (unpaired) electrons. The summed E-state index contributed by atoms with van der Waals surface area (Å²) in [6.07, 6.45) is 2.34. The molecule has 2 aromatic carbocycles. The minimum Gasteiger partial charge on any atom is -0.494 e. The van der Waals surface area contributed by atoms with Gasteiger partial charge in [-0.25, -0.2) is 4.98 Å². The summed E-state index contributed by atoms with van der Waals surface area (Å²) in [5.41, 5.74) is 1.15. The Balaban J connectivity index is 1.75. The predicted molar refractivity (Wildman–Crippen MR) is 123 cm³/mol. The van der Waals surface area contributed by atoms with Gasteiger partial charge in [-0.2, -0.15) is 0 Å². The molecule has 0 unspecified atom stereocenters. The number of para-hydroxylation sites is 1. The fourth-order valence-electron chi connectivity index (χ4n) is 3.98. The number of ether oxygens (including phenoxy) is 1. The van der Waals surface area contributed by atoms with E-state index in [4.69, 9.17) is 20.8 Å². The Kier molecular flexibility index (Phi) is 5.15. The second-order valence-electron chi connectivity index (χ2n) is 7.50. The number of carbonyl (C=O) groups is 1. The standard InChI is InChI=1S/C25H19ClN2O4/c1-2-12-31-17-7-5-6-15(13-17)22-21-23(29)18-8-3-4-9-19(18)32-24(21)25(30)28(22)20-11-10-16(26)14-27-20/h3-11,13-14,22H,2,12H2,1H3/t22-/m1/s1. The summed E-state index contributed by atoms with van der Waals surface area (Å²) in [6.45, 7) is 2.60. The highest BCUT2D eigenvalue weighted by Crippen LogP contribution is 2.41. The van der Waals surface area contributed by atoms with E-state index >= 15 is 0 Å². The number of pyridine rings is 1. The van der Waals surface area contributed by atoms with E-state index in [0.717, 1.165) is 12.0 Å². The zero-order valence-corrected chi connectivity index (χ0v) is 18.0. The largest absolute Gasteiger partial charge is 0.494 e. The second kappa shape index (κ2) is 8.13. The summed E-state index contributed by atoms with van der Waals surface area (Å²) in [6, 6.07) is 16.9. The molecular formula is C25H19ClN2O4. The molecule has 1 atom stereocenters. The first-order valence-corrected chi connectivity index (χ1v) is 10.7. The van der Waals surface area contributed by atoms with Crippen molar-refractivity contribution >= 4 is 34.3 Å². The van der Waals surface area contributed by atoms with E-state index in [9.17, 15) is 9.59 Å². The number of amides is 1. The fourth-order valence-corrected chi connectivity index (χ4v) is 4.09. The van der Waals surface area contributed by atoms with Gasteiger partial charge < -0.3 is 9.15 Å². The van der Waals surface area contributed by atoms with Crippen molar-refractivity contribution in [3.8, 4) is 5.75 Å². The molecule has 0 saturated carbocycles. The van der Waals surface area contributed by atoms with Gasteiger partial charge in [0.15, 0.2) is 5.43 Å². The molecule has 3 heterocycles. The van der Waals surface area contributed by atoms with Gasteiger partial charge in [-0.1, -0.05) is 42.8 Å². The predicted octanol–water partition coefficient (Wildman–Crippen LogP) is 5.38. The van der Waals surface area contributed by atoms with Gasteiger partial charge in [-0.05, 0) is 48.4 Å². The average Bonchev–Trinajstić information content (AvgIpc) is 3.11.